The van der Waals surface area contributed by atoms with Crippen LogP contribution in [0.4, 0.5) is 0 Å². The van der Waals surface area contributed by atoms with Crippen LogP contribution < -0.4 is 0 Å². The van der Waals surface area contributed by atoms with Crippen LogP contribution in [0, 0.1) is 3.57 Å². The monoisotopic (exact) mass is 1080 g/mol. The molecule has 0 N–H and O–H groups in total. The van der Waals surface area contributed by atoms with E-state index in [0.29, 0.717) is 0 Å². The summed E-state index contributed by atoms with van der Waals surface area (Å²) in [6, 6.07) is 74.6. The Bertz CT molecular complexity index is 3410. The fourth-order valence-corrected chi connectivity index (χ4v) is 9.34. The van der Waals surface area contributed by atoms with Gasteiger partial charge < -0.3 is 0 Å². The molecule has 0 fully saturated rings. The standard InChI is InChI=1S/C28H18BrN3.C23H15BrN2.C6H5I/c29-21-16-17-24-23(18-21)25-26(19-10-4-1-5-11-19)30-27(20-12-6-2-7-13-20)31-28(25)32(24)22-14-8-3-9-15-22;24-18-12-11-17-13-20-21(19(17)14-18)22(15-7-3-1-4-8-15)26-23(25-20)16-9-5-2-6-10-16;7-6-4-2-1-3-5-6/h1-18H;1-12,14H,13H2;1-5H. The lowest BCUT2D eigenvalue weighted by Crippen LogP contribution is -1.99. The van der Waals surface area contributed by atoms with E-state index in [1.54, 1.807) is 0 Å². The Morgan fingerprint density at radius 1 is 0.446 bits per heavy atom. The van der Waals surface area contributed by atoms with E-state index in [0.717, 1.165) is 99.5 Å². The number of nitrogens with zero attached hydrogens (tertiary/aromatic N) is 5. The SMILES string of the molecule is Brc1ccc2c(c1)-c1c(nc(-c3ccccc3)nc1-c1ccccc1)C2.Brc1ccc2c(c1)c1c(-c3ccccc3)nc(-c3ccccc3)nc1n2-c1ccccc1.Ic1ccccc1. The van der Waals surface area contributed by atoms with Gasteiger partial charge in [-0.25, -0.2) is 19.9 Å². The fourth-order valence-electron chi connectivity index (χ4n) is 8.21. The van der Waals surface area contributed by atoms with Gasteiger partial charge in [0.25, 0.3) is 0 Å². The molecule has 0 aliphatic heterocycles. The van der Waals surface area contributed by atoms with Gasteiger partial charge in [0.2, 0.25) is 0 Å². The molecule has 8 aromatic carbocycles. The number of halogens is 3. The maximum Gasteiger partial charge on any atom is 0.162 e. The molecule has 5 nitrogen and oxygen atoms in total. The van der Waals surface area contributed by atoms with Crippen LogP contribution in [-0.2, 0) is 6.42 Å². The first kappa shape index (κ1) is 42.4. The second kappa shape index (κ2) is 19.3. The van der Waals surface area contributed by atoms with Crippen molar-refractivity contribution in [2.75, 3.05) is 0 Å². The molecule has 0 amide bonds. The Hall–Kier alpha value is -6.59. The summed E-state index contributed by atoms with van der Waals surface area (Å²) in [6.07, 6.45) is 0.847. The summed E-state index contributed by atoms with van der Waals surface area (Å²) >= 11 is 9.55. The van der Waals surface area contributed by atoms with Crippen LogP contribution in [0.5, 0.6) is 0 Å². The number of para-hydroxylation sites is 1. The average molecular weight is 1080 g/mol. The molecule has 0 radical (unpaired) electrons. The highest BCUT2D eigenvalue weighted by molar-refractivity contribution is 14.1. The van der Waals surface area contributed by atoms with Gasteiger partial charge in [0, 0.05) is 57.8 Å². The number of benzene rings is 8. The summed E-state index contributed by atoms with van der Waals surface area (Å²) in [5.41, 5.74) is 14.1. The minimum atomic E-state index is 0.719. The van der Waals surface area contributed by atoms with Gasteiger partial charge in [-0.3, -0.25) is 4.57 Å². The van der Waals surface area contributed by atoms with Gasteiger partial charge in [-0.1, -0.05) is 196 Å². The Kier molecular flexibility index (Phi) is 12.5. The third-order valence-electron chi connectivity index (χ3n) is 11.2. The molecule has 0 saturated heterocycles. The van der Waals surface area contributed by atoms with E-state index in [4.69, 9.17) is 19.9 Å². The van der Waals surface area contributed by atoms with Crippen LogP contribution in [-0.4, -0.2) is 24.5 Å². The molecular weight excluding hydrogens is 1040 g/mol. The van der Waals surface area contributed by atoms with Crippen LogP contribution in [0.25, 0.3) is 84.0 Å². The lowest BCUT2D eigenvalue weighted by atomic mass is 10.0. The number of rotatable bonds is 5. The first-order chi connectivity index (χ1) is 32.0. The van der Waals surface area contributed by atoms with E-state index in [9.17, 15) is 0 Å². The second-order valence-electron chi connectivity index (χ2n) is 15.4. The third-order valence-corrected chi connectivity index (χ3v) is 12.9. The van der Waals surface area contributed by atoms with Gasteiger partial charge in [0.1, 0.15) is 5.65 Å². The molecule has 65 heavy (non-hydrogen) atoms. The van der Waals surface area contributed by atoms with Crippen molar-refractivity contribution in [1.82, 2.24) is 24.5 Å². The predicted molar refractivity (Wildman–Crippen MR) is 283 cm³/mol. The van der Waals surface area contributed by atoms with Gasteiger partial charge in [-0.05, 0) is 88.3 Å². The van der Waals surface area contributed by atoms with Crippen molar-refractivity contribution < 1.29 is 0 Å². The second-order valence-corrected chi connectivity index (χ2v) is 18.5. The fraction of sp³-hybridized carbons (Fsp3) is 0.0175. The molecular formula is C57H38Br2IN5. The van der Waals surface area contributed by atoms with Gasteiger partial charge in [0.15, 0.2) is 11.6 Å². The molecule has 1 aliphatic rings. The minimum absolute atomic E-state index is 0.719. The molecule has 12 rings (SSSR count). The maximum atomic E-state index is 5.11. The first-order valence-corrected chi connectivity index (χ1v) is 23.8. The Labute approximate surface area is 408 Å². The molecule has 0 atom stereocenters. The van der Waals surface area contributed by atoms with Gasteiger partial charge in [-0.2, -0.15) is 0 Å². The van der Waals surface area contributed by atoms with Crippen molar-refractivity contribution >= 4 is 76.4 Å². The zero-order valence-electron chi connectivity index (χ0n) is 34.9. The highest BCUT2D eigenvalue weighted by atomic mass is 127. The lowest BCUT2D eigenvalue weighted by molar-refractivity contribution is 1.08. The minimum Gasteiger partial charge on any atom is -0.294 e. The van der Waals surface area contributed by atoms with Crippen molar-refractivity contribution in [2.24, 2.45) is 0 Å². The van der Waals surface area contributed by atoms with E-state index >= 15 is 0 Å². The average Bonchev–Trinajstić information content (AvgIpc) is 3.90. The third kappa shape index (κ3) is 9.07. The zero-order valence-corrected chi connectivity index (χ0v) is 40.2. The summed E-state index contributed by atoms with van der Waals surface area (Å²) in [5.74, 6) is 1.51. The summed E-state index contributed by atoms with van der Waals surface area (Å²) in [4.78, 5) is 20.1. The molecule has 8 heteroatoms. The van der Waals surface area contributed by atoms with E-state index in [1.807, 2.05) is 72.8 Å². The summed E-state index contributed by atoms with van der Waals surface area (Å²) in [5, 5.41) is 2.17. The van der Waals surface area contributed by atoms with Crippen LogP contribution in [0.1, 0.15) is 11.3 Å². The summed E-state index contributed by atoms with van der Waals surface area (Å²) in [6.45, 7) is 0. The maximum absolute atomic E-state index is 5.11. The number of aromatic nitrogens is 5. The Balaban J connectivity index is 0.000000135. The molecule has 1 aliphatic carbocycles. The highest BCUT2D eigenvalue weighted by Gasteiger charge is 2.26. The lowest BCUT2D eigenvalue weighted by Gasteiger charge is -2.11. The molecule has 11 aromatic rings. The van der Waals surface area contributed by atoms with Gasteiger partial charge >= 0.3 is 0 Å². The van der Waals surface area contributed by atoms with Gasteiger partial charge in [-0.15, -0.1) is 0 Å². The van der Waals surface area contributed by atoms with Crippen LogP contribution in [0.3, 0.4) is 0 Å². The van der Waals surface area contributed by atoms with Crippen molar-refractivity contribution in [2.45, 2.75) is 6.42 Å². The Morgan fingerprint density at radius 2 is 0.923 bits per heavy atom. The molecule has 0 bridgehead atoms. The van der Waals surface area contributed by atoms with E-state index in [2.05, 4.69) is 205 Å². The highest BCUT2D eigenvalue weighted by Crippen LogP contribution is 2.44. The number of hydrogen-bond donors (Lipinski definition) is 0. The van der Waals surface area contributed by atoms with Crippen LogP contribution >= 0.6 is 54.5 Å². The van der Waals surface area contributed by atoms with Crippen molar-refractivity contribution in [3.8, 4) is 62.1 Å². The molecule has 312 valence electrons. The van der Waals surface area contributed by atoms with Crippen molar-refractivity contribution in [3.05, 3.63) is 242 Å². The van der Waals surface area contributed by atoms with Crippen LogP contribution in [0.2, 0.25) is 0 Å². The number of hydrogen-bond acceptors (Lipinski definition) is 4. The quantitative estimate of drug-likeness (QED) is 0.161. The molecule has 0 spiro atoms. The van der Waals surface area contributed by atoms with Crippen molar-refractivity contribution in [1.29, 1.82) is 0 Å². The molecule has 0 saturated carbocycles. The van der Waals surface area contributed by atoms with E-state index < -0.39 is 0 Å². The largest absolute Gasteiger partial charge is 0.294 e. The smallest absolute Gasteiger partial charge is 0.162 e. The summed E-state index contributed by atoms with van der Waals surface area (Å²) in [7, 11) is 0. The van der Waals surface area contributed by atoms with Crippen LogP contribution in [0.15, 0.2) is 227 Å². The summed E-state index contributed by atoms with van der Waals surface area (Å²) < 4.78 is 5.64. The predicted octanol–water partition coefficient (Wildman–Crippen LogP) is 16.1. The van der Waals surface area contributed by atoms with E-state index in [1.165, 1.54) is 14.7 Å². The normalized spacial score (nSPS) is 11.2. The first-order valence-electron chi connectivity index (χ1n) is 21.2. The topological polar surface area (TPSA) is 56.5 Å². The van der Waals surface area contributed by atoms with Gasteiger partial charge in [0.05, 0.1) is 28.0 Å². The Morgan fingerprint density at radius 3 is 1.49 bits per heavy atom. The molecule has 3 heterocycles. The zero-order chi connectivity index (χ0) is 44.1. The number of fused-ring (bicyclic) bond motifs is 6. The van der Waals surface area contributed by atoms with E-state index in [-0.39, 0.29) is 0 Å². The van der Waals surface area contributed by atoms with Crippen molar-refractivity contribution in [3.63, 3.8) is 0 Å². The molecule has 0 unspecified atom stereocenters. The molecule has 3 aromatic heterocycles.